The van der Waals surface area contributed by atoms with Crippen LogP contribution in [-0.4, -0.2) is 33.0 Å². The molecule has 1 atom stereocenters. The van der Waals surface area contributed by atoms with Gasteiger partial charge in [0.15, 0.2) is 0 Å². The standard InChI is InChI=1S/C14H13N3O3/c18-13(11-7-15-9-16-8-11)17-12(14(19)20)6-10-4-2-1-3-5-10/h1-5,7-9,12H,6H2,(H,17,18)(H,19,20)/t12-/m1/s1. The largest absolute Gasteiger partial charge is 0.480 e. The van der Waals surface area contributed by atoms with E-state index in [1.807, 2.05) is 30.3 Å². The monoisotopic (exact) mass is 271 g/mol. The van der Waals surface area contributed by atoms with Crippen molar-refractivity contribution in [3.63, 3.8) is 0 Å². The van der Waals surface area contributed by atoms with Crippen molar-refractivity contribution in [2.75, 3.05) is 0 Å². The Balaban J connectivity index is 2.07. The molecule has 0 aliphatic carbocycles. The number of aromatic nitrogens is 2. The number of aliphatic carboxylic acids is 1. The molecule has 6 heteroatoms. The smallest absolute Gasteiger partial charge is 0.326 e. The van der Waals surface area contributed by atoms with Crippen LogP contribution in [0.2, 0.25) is 0 Å². The Morgan fingerprint density at radius 1 is 1.15 bits per heavy atom. The summed E-state index contributed by atoms with van der Waals surface area (Å²) in [5.41, 5.74) is 1.07. The lowest BCUT2D eigenvalue weighted by molar-refractivity contribution is -0.139. The Bertz CT molecular complexity index is 587. The highest BCUT2D eigenvalue weighted by atomic mass is 16.4. The lowest BCUT2D eigenvalue weighted by atomic mass is 10.1. The van der Waals surface area contributed by atoms with E-state index >= 15 is 0 Å². The zero-order valence-corrected chi connectivity index (χ0v) is 10.6. The van der Waals surface area contributed by atoms with Crippen molar-refractivity contribution in [3.8, 4) is 0 Å². The Morgan fingerprint density at radius 2 is 1.80 bits per heavy atom. The van der Waals surface area contributed by atoms with E-state index in [0.29, 0.717) is 0 Å². The summed E-state index contributed by atoms with van der Waals surface area (Å²) in [5, 5.41) is 11.6. The van der Waals surface area contributed by atoms with E-state index in [2.05, 4.69) is 15.3 Å². The lowest BCUT2D eigenvalue weighted by Crippen LogP contribution is -2.42. The average Bonchev–Trinajstić information content (AvgIpc) is 2.48. The van der Waals surface area contributed by atoms with Crippen LogP contribution in [0.1, 0.15) is 15.9 Å². The Hall–Kier alpha value is -2.76. The first-order valence-electron chi connectivity index (χ1n) is 5.99. The topological polar surface area (TPSA) is 92.2 Å². The van der Waals surface area contributed by atoms with Crippen molar-refractivity contribution in [3.05, 3.63) is 60.2 Å². The fraction of sp³-hybridized carbons (Fsp3) is 0.143. The molecule has 0 saturated heterocycles. The van der Waals surface area contributed by atoms with Gasteiger partial charge in [0.25, 0.3) is 5.91 Å². The number of benzene rings is 1. The second-order valence-electron chi connectivity index (χ2n) is 4.18. The number of nitrogens with zero attached hydrogens (tertiary/aromatic N) is 2. The third kappa shape index (κ3) is 3.61. The zero-order chi connectivity index (χ0) is 14.4. The number of carbonyl (C=O) groups is 2. The van der Waals surface area contributed by atoms with E-state index in [1.165, 1.54) is 18.7 Å². The zero-order valence-electron chi connectivity index (χ0n) is 10.6. The van der Waals surface area contributed by atoms with Crippen LogP contribution >= 0.6 is 0 Å². The van der Waals surface area contributed by atoms with Gasteiger partial charge in [-0.2, -0.15) is 0 Å². The van der Waals surface area contributed by atoms with Crippen LogP contribution in [-0.2, 0) is 11.2 Å². The van der Waals surface area contributed by atoms with Crippen LogP contribution in [0.15, 0.2) is 49.1 Å². The minimum absolute atomic E-state index is 0.218. The maximum atomic E-state index is 11.9. The highest BCUT2D eigenvalue weighted by Gasteiger charge is 2.21. The Labute approximate surface area is 115 Å². The van der Waals surface area contributed by atoms with Gasteiger partial charge in [-0.1, -0.05) is 30.3 Å². The minimum atomic E-state index is -1.08. The SMILES string of the molecule is O=C(N[C@H](Cc1ccccc1)C(=O)O)c1cncnc1. The molecule has 0 unspecified atom stereocenters. The minimum Gasteiger partial charge on any atom is -0.480 e. The van der Waals surface area contributed by atoms with Gasteiger partial charge in [-0.15, -0.1) is 0 Å². The molecule has 1 amide bonds. The average molecular weight is 271 g/mol. The van der Waals surface area contributed by atoms with Crippen LogP contribution in [0.3, 0.4) is 0 Å². The summed E-state index contributed by atoms with van der Waals surface area (Å²) in [6.45, 7) is 0. The van der Waals surface area contributed by atoms with Crippen LogP contribution in [0.25, 0.3) is 0 Å². The highest BCUT2D eigenvalue weighted by molar-refractivity contribution is 5.96. The van der Waals surface area contributed by atoms with Gasteiger partial charge < -0.3 is 10.4 Å². The fourth-order valence-electron chi connectivity index (χ4n) is 1.71. The number of carboxylic acids is 1. The highest BCUT2D eigenvalue weighted by Crippen LogP contribution is 2.04. The fourth-order valence-corrected chi connectivity index (χ4v) is 1.71. The molecule has 102 valence electrons. The van der Waals surface area contributed by atoms with E-state index in [9.17, 15) is 14.7 Å². The first kappa shape index (κ1) is 13.7. The van der Waals surface area contributed by atoms with Gasteiger partial charge in [-0.25, -0.2) is 14.8 Å². The Morgan fingerprint density at radius 3 is 2.40 bits per heavy atom. The maximum absolute atomic E-state index is 11.9. The molecular formula is C14H13N3O3. The van der Waals surface area contributed by atoms with Crippen LogP contribution in [0, 0.1) is 0 Å². The molecule has 1 heterocycles. The number of rotatable bonds is 5. The van der Waals surface area contributed by atoms with Crippen LogP contribution in [0.5, 0.6) is 0 Å². The van der Waals surface area contributed by atoms with Gasteiger partial charge >= 0.3 is 5.97 Å². The molecule has 2 aromatic rings. The molecule has 1 aromatic heterocycles. The van der Waals surface area contributed by atoms with Gasteiger partial charge in [0.05, 0.1) is 5.56 Å². The molecule has 0 aliphatic rings. The summed E-state index contributed by atoms with van der Waals surface area (Å²) < 4.78 is 0. The number of carboxylic acid groups (broad SMARTS) is 1. The summed E-state index contributed by atoms with van der Waals surface area (Å²) in [4.78, 5) is 30.6. The molecule has 0 aliphatic heterocycles. The second kappa shape index (κ2) is 6.42. The van der Waals surface area contributed by atoms with Crippen molar-refractivity contribution in [2.24, 2.45) is 0 Å². The third-order valence-corrected chi connectivity index (χ3v) is 2.71. The Kier molecular flexibility index (Phi) is 4.39. The predicted molar refractivity (Wildman–Crippen MR) is 71.1 cm³/mol. The van der Waals surface area contributed by atoms with Gasteiger partial charge in [0, 0.05) is 18.8 Å². The van der Waals surface area contributed by atoms with Crippen LogP contribution < -0.4 is 5.32 Å². The molecule has 6 nitrogen and oxygen atoms in total. The van der Waals surface area contributed by atoms with E-state index < -0.39 is 17.9 Å². The molecule has 0 fully saturated rings. The van der Waals surface area contributed by atoms with Gasteiger partial charge in [-0.05, 0) is 5.56 Å². The summed E-state index contributed by atoms with van der Waals surface area (Å²) in [6, 6.07) is 8.12. The number of hydrogen-bond donors (Lipinski definition) is 2. The first-order chi connectivity index (χ1) is 9.66. The van der Waals surface area contributed by atoms with Crippen molar-refractivity contribution in [1.29, 1.82) is 0 Å². The quantitative estimate of drug-likeness (QED) is 0.843. The molecule has 2 rings (SSSR count). The molecular weight excluding hydrogens is 258 g/mol. The molecule has 0 spiro atoms. The first-order valence-corrected chi connectivity index (χ1v) is 5.99. The number of nitrogens with one attached hydrogen (secondary N) is 1. The summed E-state index contributed by atoms with van der Waals surface area (Å²) in [7, 11) is 0. The van der Waals surface area contributed by atoms with E-state index in [1.54, 1.807) is 0 Å². The summed E-state index contributed by atoms with van der Waals surface area (Å²) in [6.07, 6.45) is 4.19. The molecule has 2 N–H and O–H groups in total. The van der Waals surface area contributed by atoms with Gasteiger partial charge in [0.1, 0.15) is 12.4 Å². The summed E-state index contributed by atoms with van der Waals surface area (Å²) in [5.74, 6) is -1.59. The van der Waals surface area contributed by atoms with Crippen molar-refractivity contribution >= 4 is 11.9 Å². The summed E-state index contributed by atoms with van der Waals surface area (Å²) >= 11 is 0. The molecule has 0 bridgehead atoms. The normalized spacial score (nSPS) is 11.6. The van der Waals surface area contributed by atoms with Crippen LogP contribution in [0.4, 0.5) is 0 Å². The van der Waals surface area contributed by atoms with Crippen molar-refractivity contribution in [1.82, 2.24) is 15.3 Å². The van der Waals surface area contributed by atoms with E-state index in [-0.39, 0.29) is 12.0 Å². The molecule has 1 aromatic carbocycles. The van der Waals surface area contributed by atoms with E-state index in [4.69, 9.17) is 0 Å². The van der Waals surface area contributed by atoms with Gasteiger partial charge in [0.2, 0.25) is 0 Å². The maximum Gasteiger partial charge on any atom is 0.326 e. The third-order valence-electron chi connectivity index (χ3n) is 2.71. The number of hydrogen-bond acceptors (Lipinski definition) is 4. The molecule has 20 heavy (non-hydrogen) atoms. The van der Waals surface area contributed by atoms with E-state index in [0.717, 1.165) is 5.56 Å². The number of amides is 1. The molecule has 0 saturated carbocycles. The second-order valence-corrected chi connectivity index (χ2v) is 4.18. The van der Waals surface area contributed by atoms with Crippen molar-refractivity contribution < 1.29 is 14.7 Å². The molecule has 0 radical (unpaired) electrons. The van der Waals surface area contributed by atoms with Gasteiger partial charge in [-0.3, -0.25) is 4.79 Å². The van der Waals surface area contributed by atoms with Crippen molar-refractivity contribution in [2.45, 2.75) is 12.5 Å². The predicted octanol–water partition coefficient (Wildman–Crippen LogP) is 0.902. The number of carbonyl (C=O) groups excluding carboxylic acids is 1. The lowest BCUT2D eigenvalue weighted by Gasteiger charge is -2.14.